The first-order valence-electron chi connectivity index (χ1n) is 8.07. The molecule has 3 nitrogen and oxygen atoms in total. The van der Waals surface area contributed by atoms with Crippen molar-refractivity contribution in [3.05, 3.63) is 90.0 Å². The molecule has 3 aromatic carbocycles. The largest absolute Gasteiger partial charge is 0.611 e. The van der Waals surface area contributed by atoms with Crippen LogP contribution >= 0.6 is 0 Å². The van der Waals surface area contributed by atoms with E-state index in [1.54, 1.807) is 12.1 Å². The lowest BCUT2D eigenvalue weighted by Gasteiger charge is -2.15. The number of carbonyl (C=O) groups is 1. The molecule has 1 amide bonds. The zero-order valence-corrected chi connectivity index (χ0v) is 14.5. The number of aryl methyl sites for hydroxylation is 1. The SMILES string of the molecule is NC(=O)c1ccccc1-c1ccccc1[S+]([O-])CCc1ccccc1. The summed E-state index contributed by atoms with van der Waals surface area (Å²) in [6, 6.07) is 24.7. The van der Waals surface area contributed by atoms with Gasteiger partial charge in [0.1, 0.15) is 5.75 Å². The Morgan fingerprint density at radius 1 is 0.840 bits per heavy atom. The number of hydrogen-bond acceptors (Lipinski definition) is 2. The molecule has 0 aliphatic rings. The highest BCUT2D eigenvalue weighted by Gasteiger charge is 2.20. The summed E-state index contributed by atoms with van der Waals surface area (Å²) in [5.41, 5.74) is 8.61. The van der Waals surface area contributed by atoms with Gasteiger partial charge < -0.3 is 10.3 Å². The highest BCUT2D eigenvalue weighted by Crippen LogP contribution is 2.30. The predicted molar refractivity (Wildman–Crippen MR) is 102 cm³/mol. The molecule has 0 heterocycles. The Bertz CT molecular complexity index is 865. The fraction of sp³-hybridized carbons (Fsp3) is 0.0952. The molecular weight excluding hydrogens is 330 g/mol. The number of carbonyl (C=O) groups excluding carboxylic acids is 1. The molecule has 4 heteroatoms. The second-order valence-electron chi connectivity index (χ2n) is 5.69. The summed E-state index contributed by atoms with van der Waals surface area (Å²) < 4.78 is 12.9. The molecule has 3 rings (SSSR count). The first kappa shape index (κ1) is 17.3. The Hall–Kier alpha value is -2.56. The quantitative estimate of drug-likeness (QED) is 0.688. The average molecular weight is 349 g/mol. The molecule has 1 atom stereocenters. The summed E-state index contributed by atoms with van der Waals surface area (Å²) in [4.78, 5) is 12.5. The minimum absolute atomic E-state index is 0.440. The smallest absolute Gasteiger partial charge is 0.249 e. The third-order valence-corrected chi connectivity index (χ3v) is 5.46. The van der Waals surface area contributed by atoms with Gasteiger partial charge in [0.15, 0.2) is 4.90 Å². The van der Waals surface area contributed by atoms with Gasteiger partial charge in [0, 0.05) is 17.5 Å². The monoisotopic (exact) mass is 349 g/mol. The van der Waals surface area contributed by atoms with Crippen molar-refractivity contribution in [3.63, 3.8) is 0 Å². The van der Waals surface area contributed by atoms with Gasteiger partial charge in [-0.2, -0.15) is 0 Å². The van der Waals surface area contributed by atoms with E-state index in [1.807, 2.05) is 66.7 Å². The number of primary amides is 1. The molecule has 0 spiro atoms. The first-order valence-corrected chi connectivity index (χ1v) is 9.39. The number of nitrogens with two attached hydrogens (primary N) is 1. The van der Waals surface area contributed by atoms with E-state index in [2.05, 4.69) is 0 Å². The van der Waals surface area contributed by atoms with E-state index in [1.165, 1.54) is 0 Å². The fourth-order valence-corrected chi connectivity index (χ4v) is 4.08. The standard InChI is InChI=1S/C21H19NO2S/c22-21(23)19-12-5-4-10-17(19)18-11-6-7-13-20(18)25(24)15-14-16-8-2-1-3-9-16/h1-13H,14-15H2,(H2,22,23). The number of hydrogen-bond donors (Lipinski definition) is 1. The highest BCUT2D eigenvalue weighted by atomic mass is 32.2. The maximum atomic E-state index is 12.9. The van der Waals surface area contributed by atoms with Gasteiger partial charge in [-0.05, 0) is 40.5 Å². The van der Waals surface area contributed by atoms with Crippen LogP contribution < -0.4 is 5.73 Å². The van der Waals surface area contributed by atoms with Crippen molar-refractivity contribution >= 4 is 17.1 Å². The van der Waals surface area contributed by atoms with Crippen molar-refractivity contribution in [1.82, 2.24) is 0 Å². The second kappa shape index (κ2) is 8.01. The second-order valence-corrected chi connectivity index (χ2v) is 7.23. The molecule has 0 radical (unpaired) electrons. The molecule has 0 fully saturated rings. The third kappa shape index (κ3) is 4.10. The Labute approximate surface area is 150 Å². The van der Waals surface area contributed by atoms with Crippen LogP contribution in [0, 0.1) is 0 Å². The molecule has 2 N–H and O–H groups in total. The Balaban J connectivity index is 1.90. The van der Waals surface area contributed by atoms with Crippen LogP contribution in [-0.2, 0) is 17.6 Å². The van der Waals surface area contributed by atoms with Crippen molar-refractivity contribution in [2.75, 3.05) is 5.75 Å². The van der Waals surface area contributed by atoms with Gasteiger partial charge in [-0.15, -0.1) is 0 Å². The summed E-state index contributed by atoms with van der Waals surface area (Å²) in [7, 11) is 0. The molecule has 0 bridgehead atoms. The van der Waals surface area contributed by atoms with Crippen molar-refractivity contribution in [1.29, 1.82) is 0 Å². The van der Waals surface area contributed by atoms with E-state index in [-0.39, 0.29) is 0 Å². The van der Waals surface area contributed by atoms with E-state index in [0.29, 0.717) is 11.3 Å². The lowest BCUT2D eigenvalue weighted by Crippen LogP contribution is -2.14. The summed E-state index contributed by atoms with van der Waals surface area (Å²) in [6.07, 6.45) is 0.735. The highest BCUT2D eigenvalue weighted by molar-refractivity contribution is 7.91. The third-order valence-electron chi connectivity index (χ3n) is 4.03. The predicted octanol–water partition coefficient (Wildman–Crippen LogP) is 3.80. The van der Waals surface area contributed by atoms with Crippen LogP contribution in [0.2, 0.25) is 0 Å². The van der Waals surface area contributed by atoms with Crippen molar-refractivity contribution in [3.8, 4) is 11.1 Å². The summed E-state index contributed by atoms with van der Waals surface area (Å²) in [5, 5.41) is 0. The van der Waals surface area contributed by atoms with E-state index in [4.69, 9.17) is 5.73 Å². The molecular formula is C21H19NO2S. The molecule has 0 aliphatic heterocycles. The van der Waals surface area contributed by atoms with Gasteiger partial charge in [0.25, 0.3) is 0 Å². The van der Waals surface area contributed by atoms with Gasteiger partial charge in [-0.3, -0.25) is 4.79 Å². The van der Waals surface area contributed by atoms with Crippen LogP contribution in [-0.4, -0.2) is 16.2 Å². The van der Waals surface area contributed by atoms with E-state index >= 15 is 0 Å². The van der Waals surface area contributed by atoms with E-state index < -0.39 is 17.1 Å². The Morgan fingerprint density at radius 2 is 1.44 bits per heavy atom. The Kier molecular flexibility index (Phi) is 5.53. The van der Waals surface area contributed by atoms with Gasteiger partial charge >= 0.3 is 0 Å². The zero-order chi connectivity index (χ0) is 17.6. The van der Waals surface area contributed by atoms with E-state index in [0.717, 1.165) is 28.0 Å². The van der Waals surface area contributed by atoms with Crippen molar-refractivity contribution in [2.45, 2.75) is 11.3 Å². The summed E-state index contributed by atoms with van der Waals surface area (Å²) >= 11 is -1.17. The number of rotatable bonds is 6. The Morgan fingerprint density at radius 3 is 2.16 bits per heavy atom. The molecule has 1 unspecified atom stereocenters. The van der Waals surface area contributed by atoms with Gasteiger partial charge in [0.05, 0.1) is 0 Å². The van der Waals surface area contributed by atoms with Gasteiger partial charge in [0.2, 0.25) is 5.91 Å². The maximum absolute atomic E-state index is 12.9. The lowest BCUT2D eigenvalue weighted by molar-refractivity contribution is 0.100. The van der Waals surface area contributed by atoms with Crippen LogP contribution in [0.5, 0.6) is 0 Å². The summed E-state index contributed by atoms with van der Waals surface area (Å²) in [5.74, 6) is 0.0419. The van der Waals surface area contributed by atoms with Gasteiger partial charge in [-0.1, -0.05) is 60.7 Å². The normalized spacial score (nSPS) is 11.9. The average Bonchev–Trinajstić information content (AvgIpc) is 2.67. The van der Waals surface area contributed by atoms with Crippen LogP contribution in [0.1, 0.15) is 15.9 Å². The zero-order valence-electron chi connectivity index (χ0n) is 13.7. The van der Waals surface area contributed by atoms with Gasteiger partial charge in [-0.25, -0.2) is 0 Å². The topological polar surface area (TPSA) is 66.2 Å². The van der Waals surface area contributed by atoms with Crippen LogP contribution in [0.25, 0.3) is 11.1 Å². The minimum Gasteiger partial charge on any atom is -0.611 e. The van der Waals surface area contributed by atoms with Crippen LogP contribution in [0.4, 0.5) is 0 Å². The van der Waals surface area contributed by atoms with Crippen molar-refractivity contribution < 1.29 is 9.35 Å². The minimum atomic E-state index is -1.17. The fourth-order valence-electron chi connectivity index (χ4n) is 2.79. The van der Waals surface area contributed by atoms with Crippen LogP contribution in [0.15, 0.2) is 83.8 Å². The molecule has 0 aliphatic carbocycles. The number of benzene rings is 3. The maximum Gasteiger partial charge on any atom is 0.249 e. The molecule has 126 valence electrons. The molecule has 0 saturated carbocycles. The van der Waals surface area contributed by atoms with Crippen LogP contribution in [0.3, 0.4) is 0 Å². The molecule has 3 aromatic rings. The van der Waals surface area contributed by atoms with E-state index in [9.17, 15) is 9.35 Å². The number of amides is 1. The van der Waals surface area contributed by atoms with Crippen molar-refractivity contribution in [2.24, 2.45) is 5.73 Å². The first-order chi connectivity index (χ1) is 12.2. The lowest BCUT2D eigenvalue weighted by atomic mass is 9.99. The molecule has 25 heavy (non-hydrogen) atoms. The summed E-state index contributed by atoms with van der Waals surface area (Å²) in [6.45, 7) is 0. The molecule has 0 saturated heterocycles. The molecule has 0 aromatic heterocycles.